The Morgan fingerprint density at radius 1 is 1.06 bits per heavy atom. The van der Waals surface area contributed by atoms with E-state index >= 15 is 0 Å². The van der Waals surface area contributed by atoms with Crippen LogP contribution in [0.3, 0.4) is 0 Å². The van der Waals surface area contributed by atoms with Crippen molar-refractivity contribution in [3.05, 3.63) is 29.8 Å². The van der Waals surface area contributed by atoms with Gasteiger partial charge in [-0.15, -0.1) is 0 Å². The van der Waals surface area contributed by atoms with Gasteiger partial charge in [0.2, 0.25) is 0 Å². The topological polar surface area (TPSA) is 29.3 Å². The first-order valence-corrected chi connectivity index (χ1v) is 6.50. The summed E-state index contributed by atoms with van der Waals surface area (Å²) in [5, 5.41) is 0. The molecule has 1 aromatic rings. The first-order valence-electron chi connectivity index (χ1n) is 6.50. The molecule has 96 valence electrons. The second-order valence-electron chi connectivity index (χ2n) is 5.47. The third-order valence-corrected chi connectivity index (χ3v) is 3.30. The van der Waals surface area contributed by atoms with Crippen molar-refractivity contribution in [1.82, 2.24) is 0 Å². The van der Waals surface area contributed by atoms with Crippen molar-refractivity contribution in [3.8, 4) is 0 Å². The first-order chi connectivity index (χ1) is 7.91. The van der Waals surface area contributed by atoms with Gasteiger partial charge < -0.3 is 10.6 Å². The maximum absolute atomic E-state index is 5.85. The van der Waals surface area contributed by atoms with E-state index < -0.39 is 0 Å². The van der Waals surface area contributed by atoms with E-state index in [0.29, 0.717) is 6.04 Å². The van der Waals surface area contributed by atoms with Crippen LogP contribution in [-0.2, 0) is 0 Å². The zero-order valence-electron chi connectivity index (χ0n) is 11.8. The van der Waals surface area contributed by atoms with Crippen LogP contribution < -0.4 is 10.6 Å². The molecule has 1 unspecified atom stereocenters. The van der Waals surface area contributed by atoms with Crippen LogP contribution in [0.1, 0.15) is 45.7 Å². The zero-order chi connectivity index (χ0) is 13.0. The van der Waals surface area contributed by atoms with E-state index in [1.165, 1.54) is 17.7 Å². The predicted octanol–water partition coefficient (Wildman–Crippen LogP) is 3.58. The lowest BCUT2D eigenvalue weighted by molar-refractivity contribution is 0.504. The summed E-state index contributed by atoms with van der Waals surface area (Å²) in [7, 11) is 2.16. The Kier molecular flexibility index (Phi) is 5.01. The zero-order valence-corrected chi connectivity index (χ0v) is 11.8. The molecule has 1 aromatic carbocycles. The lowest BCUT2D eigenvalue weighted by Gasteiger charge is -2.28. The highest BCUT2D eigenvalue weighted by Gasteiger charge is 2.11. The third kappa shape index (κ3) is 4.04. The molecule has 0 aliphatic carbocycles. The van der Waals surface area contributed by atoms with Gasteiger partial charge in [-0.25, -0.2) is 0 Å². The SMILES string of the molecule is CC(C)CC(C)N(C)c1ccc([C@@H](C)N)cc1. The molecule has 0 heterocycles. The van der Waals surface area contributed by atoms with E-state index in [2.05, 4.69) is 57.0 Å². The molecule has 2 heteroatoms. The molecule has 0 aliphatic rings. The quantitative estimate of drug-likeness (QED) is 0.844. The van der Waals surface area contributed by atoms with Gasteiger partial charge in [0.25, 0.3) is 0 Å². The average Bonchev–Trinajstić information content (AvgIpc) is 2.27. The fourth-order valence-corrected chi connectivity index (χ4v) is 2.11. The van der Waals surface area contributed by atoms with Gasteiger partial charge in [0.1, 0.15) is 0 Å². The van der Waals surface area contributed by atoms with Crippen LogP contribution in [0, 0.1) is 5.92 Å². The molecule has 2 nitrogen and oxygen atoms in total. The van der Waals surface area contributed by atoms with Crippen molar-refractivity contribution in [2.75, 3.05) is 11.9 Å². The lowest BCUT2D eigenvalue weighted by Crippen LogP contribution is -2.29. The van der Waals surface area contributed by atoms with Crippen molar-refractivity contribution in [3.63, 3.8) is 0 Å². The van der Waals surface area contributed by atoms with Crippen molar-refractivity contribution in [1.29, 1.82) is 0 Å². The summed E-state index contributed by atoms with van der Waals surface area (Å²) in [6, 6.07) is 9.25. The second kappa shape index (κ2) is 6.06. The molecule has 0 radical (unpaired) electrons. The summed E-state index contributed by atoms with van der Waals surface area (Å²) in [6.07, 6.45) is 1.21. The van der Waals surface area contributed by atoms with Gasteiger partial charge in [-0.05, 0) is 43.9 Å². The highest BCUT2D eigenvalue weighted by Crippen LogP contribution is 2.21. The Balaban J connectivity index is 2.72. The van der Waals surface area contributed by atoms with E-state index in [1.54, 1.807) is 0 Å². The van der Waals surface area contributed by atoms with E-state index in [9.17, 15) is 0 Å². The van der Waals surface area contributed by atoms with Gasteiger partial charge in [-0.1, -0.05) is 26.0 Å². The highest BCUT2D eigenvalue weighted by molar-refractivity contribution is 5.48. The number of nitrogens with two attached hydrogens (primary N) is 1. The van der Waals surface area contributed by atoms with Gasteiger partial charge in [-0.3, -0.25) is 0 Å². The van der Waals surface area contributed by atoms with Crippen molar-refractivity contribution in [2.45, 2.75) is 46.2 Å². The minimum Gasteiger partial charge on any atom is -0.372 e. The summed E-state index contributed by atoms with van der Waals surface area (Å²) >= 11 is 0. The molecule has 0 fully saturated rings. The van der Waals surface area contributed by atoms with Crippen molar-refractivity contribution in [2.24, 2.45) is 11.7 Å². The molecule has 0 saturated heterocycles. The van der Waals surface area contributed by atoms with Crippen LogP contribution in [0.15, 0.2) is 24.3 Å². The van der Waals surface area contributed by atoms with Crippen LogP contribution >= 0.6 is 0 Å². The van der Waals surface area contributed by atoms with Gasteiger partial charge in [-0.2, -0.15) is 0 Å². The van der Waals surface area contributed by atoms with Crippen molar-refractivity contribution >= 4 is 5.69 Å². The smallest absolute Gasteiger partial charge is 0.0366 e. The lowest BCUT2D eigenvalue weighted by atomic mass is 10.0. The molecule has 0 aliphatic heterocycles. The summed E-state index contributed by atoms with van der Waals surface area (Å²) < 4.78 is 0. The number of hydrogen-bond acceptors (Lipinski definition) is 2. The van der Waals surface area contributed by atoms with Crippen LogP contribution in [-0.4, -0.2) is 13.1 Å². The van der Waals surface area contributed by atoms with E-state index in [0.717, 1.165) is 5.92 Å². The number of anilines is 1. The van der Waals surface area contributed by atoms with Crippen LogP contribution in [0.2, 0.25) is 0 Å². The Morgan fingerprint density at radius 2 is 1.59 bits per heavy atom. The maximum Gasteiger partial charge on any atom is 0.0366 e. The summed E-state index contributed by atoms with van der Waals surface area (Å²) in [6.45, 7) is 8.83. The predicted molar refractivity (Wildman–Crippen MR) is 76.4 cm³/mol. The van der Waals surface area contributed by atoms with Crippen LogP contribution in [0.5, 0.6) is 0 Å². The largest absolute Gasteiger partial charge is 0.372 e. The molecule has 1 rings (SSSR count). The minimum atomic E-state index is 0.113. The summed E-state index contributed by atoms with van der Waals surface area (Å²) in [5.41, 5.74) is 8.31. The fourth-order valence-electron chi connectivity index (χ4n) is 2.11. The molecule has 17 heavy (non-hydrogen) atoms. The normalized spacial score (nSPS) is 14.8. The molecule has 0 spiro atoms. The van der Waals surface area contributed by atoms with Crippen LogP contribution in [0.25, 0.3) is 0 Å². The van der Waals surface area contributed by atoms with E-state index in [-0.39, 0.29) is 6.04 Å². The molecule has 0 aromatic heterocycles. The Hall–Kier alpha value is -1.02. The number of benzene rings is 1. The van der Waals surface area contributed by atoms with Crippen LogP contribution in [0.4, 0.5) is 5.69 Å². The van der Waals surface area contributed by atoms with Gasteiger partial charge >= 0.3 is 0 Å². The maximum atomic E-state index is 5.85. The molecule has 2 N–H and O–H groups in total. The first kappa shape index (κ1) is 14.0. The van der Waals surface area contributed by atoms with Crippen molar-refractivity contribution < 1.29 is 0 Å². The fraction of sp³-hybridized carbons (Fsp3) is 0.600. The highest BCUT2D eigenvalue weighted by atomic mass is 15.1. The molecule has 0 amide bonds. The van der Waals surface area contributed by atoms with Gasteiger partial charge in [0.15, 0.2) is 0 Å². The number of rotatable bonds is 5. The summed E-state index contributed by atoms with van der Waals surface area (Å²) in [5.74, 6) is 0.732. The average molecular weight is 234 g/mol. The number of hydrogen-bond donors (Lipinski definition) is 1. The molecular weight excluding hydrogens is 208 g/mol. The Morgan fingerprint density at radius 3 is 2.00 bits per heavy atom. The Labute approximate surface area is 106 Å². The molecule has 0 bridgehead atoms. The third-order valence-electron chi connectivity index (χ3n) is 3.30. The molecule has 0 saturated carbocycles. The number of nitrogens with zero attached hydrogens (tertiary/aromatic N) is 1. The monoisotopic (exact) mass is 234 g/mol. The molecular formula is C15H26N2. The second-order valence-corrected chi connectivity index (χ2v) is 5.47. The Bertz CT molecular complexity index is 327. The molecule has 2 atom stereocenters. The van der Waals surface area contributed by atoms with Gasteiger partial charge in [0, 0.05) is 24.8 Å². The van der Waals surface area contributed by atoms with E-state index in [1.807, 2.05) is 6.92 Å². The van der Waals surface area contributed by atoms with Gasteiger partial charge in [0.05, 0.1) is 0 Å². The minimum absolute atomic E-state index is 0.113. The van der Waals surface area contributed by atoms with E-state index in [4.69, 9.17) is 5.73 Å². The standard InChI is InChI=1S/C15H26N2/c1-11(2)10-12(3)17(5)15-8-6-14(7-9-15)13(4)16/h6-9,11-13H,10,16H2,1-5H3/t12?,13-/m1/s1. The summed E-state index contributed by atoms with van der Waals surface area (Å²) in [4.78, 5) is 2.34.